The molecule has 0 saturated carbocycles. The third-order valence-corrected chi connectivity index (χ3v) is 5.51. The van der Waals surface area contributed by atoms with Crippen molar-refractivity contribution in [2.75, 3.05) is 5.73 Å². The normalized spacial score (nSPS) is 12.3. The lowest BCUT2D eigenvalue weighted by Crippen LogP contribution is -2.23. The minimum absolute atomic E-state index is 0.187. The standard InChI is InChI=1S/C26H28N6O2/c1-15(27)30-25(34)20-8-6-5-7-19(20)24-31-21-12-16(9-10-22(21)32(24)26(2,3)4)17-11-18(14-33)23(28)29-13-17/h5-13,33H,14H2,1-4H3,(H2,28,29)(H2,27,30,34). The maximum Gasteiger partial charge on any atom is 0.279 e. The van der Waals surface area contributed by atoms with E-state index in [1.807, 2.05) is 36.4 Å². The second-order valence-electron chi connectivity index (χ2n) is 9.18. The maximum atomic E-state index is 12.8. The minimum atomic E-state index is -0.409. The van der Waals surface area contributed by atoms with Gasteiger partial charge in [-0.1, -0.05) is 24.3 Å². The van der Waals surface area contributed by atoms with Gasteiger partial charge in [0.1, 0.15) is 17.5 Å². The van der Waals surface area contributed by atoms with Crippen LogP contribution in [-0.4, -0.2) is 31.4 Å². The van der Waals surface area contributed by atoms with Crippen molar-refractivity contribution in [2.24, 2.45) is 10.7 Å². The third kappa shape index (κ3) is 4.27. The number of amides is 1. The number of imidazole rings is 1. The van der Waals surface area contributed by atoms with Gasteiger partial charge in [-0.2, -0.15) is 4.99 Å². The van der Waals surface area contributed by atoms with Crippen molar-refractivity contribution in [3.63, 3.8) is 0 Å². The number of fused-ring (bicyclic) bond motifs is 1. The quantitative estimate of drug-likeness (QED) is 0.313. The molecule has 0 bridgehead atoms. The first-order valence-corrected chi connectivity index (χ1v) is 10.9. The van der Waals surface area contributed by atoms with Crippen LogP contribution < -0.4 is 11.5 Å². The van der Waals surface area contributed by atoms with Crippen LogP contribution in [-0.2, 0) is 12.1 Å². The van der Waals surface area contributed by atoms with Crippen molar-refractivity contribution in [3.05, 3.63) is 65.9 Å². The number of pyridine rings is 1. The number of aliphatic hydroxyl groups excluding tert-OH is 1. The molecule has 0 fully saturated rings. The molecule has 0 atom stereocenters. The van der Waals surface area contributed by atoms with E-state index in [-0.39, 0.29) is 18.0 Å². The zero-order valence-corrected chi connectivity index (χ0v) is 19.7. The molecule has 1 amide bonds. The molecule has 2 aromatic heterocycles. The van der Waals surface area contributed by atoms with E-state index >= 15 is 0 Å². The molecule has 0 aliphatic rings. The molecule has 4 aromatic rings. The number of nitrogen functional groups attached to an aromatic ring is 1. The van der Waals surface area contributed by atoms with E-state index in [1.54, 1.807) is 25.3 Å². The number of benzene rings is 2. The van der Waals surface area contributed by atoms with E-state index < -0.39 is 5.91 Å². The van der Waals surface area contributed by atoms with Crippen molar-refractivity contribution in [2.45, 2.75) is 39.8 Å². The van der Waals surface area contributed by atoms with E-state index in [2.05, 4.69) is 35.3 Å². The summed E-state index contributed by atoms with van der Waals surface area (Å²) in [7, 11) is 0. The van der Waals surface area contributed by atoms with Gasteiger partial charge in [0, 0.05) is 28.4 Å². The Bertz CT molecular complexity index is 1430. The molecule has 0 aliphatic carbocycles. The second-order valence-corrected chi connectivity index (χ2v) is 9.18. The van der Waals surface area contributed by atoms with Crippen LogP contribution in [0.2, 0.25) is 0 Å². The van der Waals surface area contributed by atoms with Gasteiger partial charge in [0.05, 0.1) is 23.2 Å². The number of carbonyl (C=O) groups is 1. The predicted molar refractivity (Wildman–Crippen MR) is 135 cm³/mol. The maximum absolute atomic E-state index is 12.8. The van der Waals surface area contributed by atoms with E-state index in [9.17, 15) is 9.90 Å². The summed E-state index contributed by atoms with van der Waals surface area (Å²) in [4.78, 5) is 25.9. The molecule has 0 radical (unpaired) electrons. The van der Waals surface area contributed by atoms with E-state index in [4.69, 9.17) is 16.5 Å². The fraction of sp³-hybridized carbons (Fsp3) is 0.231. The SMILES string of the molecule is CC(N)=NC(=O)c1ccccc1-c1nc2cc(-c3cnc(N)c(CO)c3)ccc2n1C(C)(C)C. The van der Waals surface area contributed by atoms with Gasteiger partial charge >= 0.3 is 0 Å². The summed E-state index contributed by atoms with van der Waals surface area (Å²) < 4.78 is 2.12. The lowest BCUT2D eigenvalue weighted by atomic mass is 10.0. The van der Waals surface area contributed by atoms with Gasteiger partial charge in [-0.3, -0.25) is 4.79 Å². The molecule has 8 nitrogen and oxygen atoms in total. The zero-order valence-electron chi connectivity index (χ0n) is 19.7. The number of nitrogens with two attached hydrogens (primary N) is 2. The number of anilines is 1. The third-order valence-electron chi connectivity index (χ3n) is 5.51. The van der Waals surface area contributed by atoms with Gasteiger partial charge in [-0.05, 0) is 57.5 Å². The van der Waals surface area contributed by atoms with E-state index in [1.165, 1.54) is 0 Å². The van der Waals surface area contributed by atoms with Crippen LogP contribution in [0.4, 0.5) is 5.82 Å². The highest BCUT2D eigenvalue weighted by molar-refractivity contribution is 6.06. The highest BCUT2D eigenvalue weighted by Crippen LogP contribution is 2.35. The summed E-state index contributed by atoms with van der Waals surface area (Å²) in [6.07, 6.45) is 1.68. The van der Waals surface area contributed by atoms with Gasteiger partial charge in [0.25, 0.3) is 5.91 Å². The molecule has 34 heavy (non-hydrogen) atoms. The van der Waals surface area contributed by atoms with Crippen LogP contribution in [0.5, 0.6) is 0 Å². The number of carbonyl (C=O) groups excluding carboxylic acids is 1. The van der Waals surface area contributed by atoms with Crippen LogP contribution in [0.1, 0.15) is 43.6 Å². The summed E-state index contributed by atoms with van der Waals surface area (Å²) in [5.41, 5.74) is 16.3. The number of aliphatic imine (C=N–C) groups is 1. The Labute approximate surface area is 198 Å². The largest absolute Gasteiger partial charge is 0.392 e. The summed E-state index contributed by atoms with van der Waals surface area (Å²) in [6, 6.07) is 15.1. The predicted octanol–water partition coefficient (Wildman–Crippen LogP) is 4.11. The van der Waals surface area contributed by atoms with Crippen molar-refractivity contribution >= 4 is 28.6 Å². The van der Waals surface area contributed by atoms with Gasteiger partial charge in [0.2, 0.25) is 0 Å². The van der Waals surface area contributed by atoms with Crippen molar-refractivity contribution in [1.29, 1.82) is 0 Å². The molecule has 8 heteroatoms. The average molecular weight is 457 g/mol. The lowest BCUT2D eigenvalue weighted by Gasteiger charge is -2.25. The number of amidine groups is 1. The summed E-state index contributed by atoms with van der Waals surface area (Å²) in [5.74, 6) is 0.768. The molecule has 2 heterocycles. The topological polar surface area (TPSA) is 132 Å². The Kier molecular flexibility index (Phi) is 5.93. The highest BCUT2D eigenvalue weighted by atomic mass is 16.3. The summed E-state index contributed by atoms with van der Waals surface area (Å²) in [6.45, 7) is 7.68. The van der Waals surface area contributed by atoms with Gasteiger partial charge < -0.3 is 21.1 Å². The lowest BCUT2D eigenvalue weighted by molar-refractivity contribution is 0.100. The van der Waals surface area contributed by atoms with E-state index in [0.29, 0.717) is 28.3 Å². The summed E-state index contributed by atoms with van der Waals surface area (Å²) in [5, 5.41) is 9.56. The summed E-state index contributed by atoms with van der Waals surface area (Å²) >= 11 is 0. The first-order valence-electron chi connectivity index (χ1n) is 10.9. The monoisotopic (exact) mass is 456 g/mol. The minimum Gasteiger partial charge on any atom is -0.392 e. The van der Waals surface area contributed by atoms with E-state index in [0.717, 1.165) is 22.2 Å². The van der Waals surface area contributed by atoms with Crippen molar-refractivity contribution in [1.82, 2.24) is 14.5 Å². The van der Waals surface area contributed by atoms with Crippen LogP contribution in [0.3, 0.4) is 0 Å². The van der Waals surface area contributed by atoms with Gasteiger partial charge in [-0.25, -0.2) is 9.97 Å². The van der Waals surface area contributed by atoms with Crippen LogP contribution >= 0.6 is 0 Å². The fourth-order valence-electron chi connectivity index (χ4n) is 4.01. The Morgan fingerprint density at radius 3 is 2.53 bits per heavy atom. The molecule has 0 aliphatic heterocycles. The molecule has 174 valence electrons. The van der Waals surface area contributed by atoms with Crippen LogP contribution in [0.25, 0.3) is 33.5 Å². The molecule has 0 saturated heterocycles. The Hall–Kier alpha value is -4.04. The average Bonchev–Trinajstić information content (AvgIpc) is 3.18. The molecule has 5 N–H and O–H groups in total. The first kappa shape index (κ1) is 23.1. The number of hydrogen-bond donors (Lipinski definition) is 3. The van der Waals surface area contributed by atoms with Crippen LogP contribution in [0.15, 0.2) is 59.7 Å². The molecule has 4 rings (SSSR count). The Balaban J connectivity index is 1.94. The number of rotatable bonds is 4. The number of nitrogens with zero attached hydrogens (tertiary/aromatic N) is 4. The first-order chi connectivity index (χ1) is 16.1. The Morgan fingerprint density at radius 2 is 1.85 bits per heavy atom. The van der Waals surface area contributed by atoms with Gasteiger partial charge in [0.15, 0.2) is 0 Å². The highest BCUT2D eigenvalue weighted by Gasteiger charge is 2.25. The number of aromatic nitrogens is 3. The second kappa shape index (κ2) is 8.72. The Morgan fingerprint density at radius 1 is 1.12 bits per heavy atom. The number of aliphatic hydroxyl groups is 1. The van der Waals surface area contributed by atoms with Gasteiger partial charge in [-0.15, -0.1) is 0 Å². The fourth-order valence-corrected chi connectivity index (χ4v) is 4.01. The molecule has 0 spiro atoms. The molecular weight excluding hydrogens is 428 g/mol. The van der Waals surface area contributed by atoms with Crippen molar-refractivity contribution in [3.8, 4) is 22.5 Å². The smallest absolute Gasteiger partial charge is 0.279 e. The van der Waals surface area contributed by atoms with Crippen molar-refractivity contribution < 1.29 is 9.90 Å². The molecular formula is C26H28N6O2. The molecule has 2 aromatic carbocycles. The van der Waals surface area contributed by atoms with Crippen LogP contribution in [0, 0.1) is 0 Å². The zero-order chi connectivity index (χ0) is 24.6. The number of hydrogen-bond acceptors (Lipinski definition) is 5. The molecule has 0 unspecified atom stereocenters.